The highest BCUT2D eigenvalue weighted by atomic mass is 16.5. The van der Waals surface area contributed by atoms with Crippen molar-refractivity contribution in [3.8, 4) is 5.75 Å². The van der Waals surface area contributed by atoms with E-state index in [-0.39, 0.29) is 0 Å². The average Bonchev–Trinajstić information content (AvgIpc) is 2.49. The van der Waals surface area contributed by atoms with Gasteiger partial charge in [0, 0.05) is 37.7 Å². The summed E-state index contributed by atoms with van der Waals surface area (Å²) < 4.78 is 5.68. The Morgan fingerprint density at radius 2 is 2.21 bits per heavy atom. The fraction of sp³-hybridized carbons (Fsp3) is 0.375. The van der Waals surface area contributed by atoms with Crippen LogP contribution < -0.4 is 10.1 Å². The highest BCUT2D eigenvalue weighted by Gasteiger charge is 2.20. The van der Waals surface area contributed by atoms with Gasteiger partial charge in [0.05, 0.1) is 6.61 Å². The summed E-state index contributed by atoms with van der Waals surface area (Å²) in [4.78, 5) is 2.32. The van der Waals surface area contributed by atoms with E-state index in [1.807, 2.05) is 6.07 Å². The first kappa shape index (κ1) is 12.3. The average molecular weight is 256 g/mol. The summed E-state index contributed by atoms with van der Waals surface area (Å²) in [7, 11) is 0. The molecule has 0 saturated carbocycles. The molecule has 3 heteroatoms. The van der Waals surface area contributed by atoms with Gasteiger partial charge in [-0.1, -0.05) is 30.4 Å². The molecule has 2 heterocycles. The molecule has 1 atom stereocenters. The highest BCUT2D eigenvalue weighted by Crippen LogP contribution is 2.31. The van der Waals surface area contributed by atoms with Crippen LogP contribution in [0.25, 0.3) is 0 Å². The zero-order valence-corrected chi connectivity index (χ0v) is 11.1. The van der Waals surface area contributed by atoms with E-state index in [0.29, 0.717) is 6.04 Å². The number of allylic oxidation sites excluding steroid dienone is 2. The largest absolute Gasteiger partial charge is 0.493 e. The SMILES string of the molecule is C1=CCN(CCNC2CCOc3ccccc32)C=C1. The number of hydrogen-bond donors (Lipinski definition) is 1. The molecule has 1 aromatic rings. The summed E-state index contributed by atoms with van der Waals surface area (Å²) in [5.41, 5.74) is 1.29. The van der Waals surface area contributed by atoms with E-state index in [9.17, 15) is 0 Å². The van der Waals surface area contributed by atoms with Gasteiger partial charge in [-0.15, -0.1) is 0 Å². The molecule has 19 heavy (non-hydrogen) atoms. The second kappa shape index (κ2) is 5.93. The van der Waals surface area contributed by atoms with Crippen LogP contribution >= 0.6 is 0 Å². The molecule has 1 unspecified atom stereocenters. The molecule has 3 rings (SSSR count). The Balaban J connectivity index is 1.53. The molecule has 2 aliphatic rings. The van der Waals surface area contributed by atoms with Crippen molar-refractivity contribution in [1.82, 2.24) is 10.2 Å². The van der Waals surface area contributed by atoms with Crippen molar-refractivity contribution in [2.24, 2.45) is 0 Å². The molecule has 0 radical (unpaired) electrons. The van der Waals surface area contributed by atoms with Gasteiger partial charge in [0.25, 0.3) is 0 Å². The molecular weight excluding hydrogens is 236 g/mol. The predicted molar refractivity (Wildman–Crippen MR) is 77.2 cm³/mol. The zero-order chi connectivity index (χ0) is 12.9. The van der Waals surface area contributed by atoms with Crippen LogP contribution in [-0.2, 0) is 0 Å². The van der Waals surface area contributed by atoms with E-state index in [4.69, 9.17) is 4.74 Å². The second-order valence-corrected chi connectivity index (χ2v) is 4.95. The van der Waals surface area contributed by atoms with E-state index in [0.717, 1.165) is 38.4 Å². The number of nitrogens with one attached hydrogen (secondary N) is 1. The normalized spacial score (nSPS) is 21.1. The van der Waals surface area contributed by atoms with Gasteiger partial charge in [0.15, 0.2) is 0 Å². The highest BCUT2D eigenvalue weighted by molar-refractivity contribution is 5.37. The fourth-order valence-corrected chi connectivity index (χ4v) is 2.61. The topological polar surface area (TPSA) is 24.5 Å². The number of benzene rings is 1. The molecule has 0 bridgehead atoms. The van der Waals surface area contributed by atoms with Crippen molar-refractivity contribution in [2.45, 2.75) is 12.5 Å². The molecule has 0 amide bonds. The molecule has 100 valence electrons. The molecule has 0 fully saturated rings. The minimum absolute atomic E-state index is 0.425. The van der Waals surface area contributed by atoms with Gasteiger partial charge in [-0.2, -0.15) is 0 Å². The van der Waals surface area contributed by atoms with Gasteiger partial charge in [0.1, 0.15) is 5.75 Å². The quantitative estimate of drug-likeness (QED) is 0.895. The van der Waals surface area contributed by atoms with Crippen LogP contribution in [0.3, 0.4) is 0 Å². The Morgan fingerprint density at radius 1 is 1.26 bits per heavy atom. The smallest absolute Gasteiger partial charge is 0.124 e. The minimum Gasteiger partial charge on any atom is -0.493 e. The molecule has 0 saturated heterocycles. The molecular formula is C16H20N2O. The van der Waals surface area contributed by atoms with Crippen molar-refractivity contribution in [3.63, 3.8) is 0 Å². The summed E-state index contributed by atoms with van der Waals surface area (Å²) in [5, 5.41) is 3.65. The first-order valence-corrected chi connectivity index (χ1v) is 6.96. The number of rotatable bonds is 4. The van der Waals surface area contributed by atoms with Crippen molar-refractivity contribution >= 4 is 0 Å². The number of para-hydroxylation sites is 1. The minimum atomic E-state index is 0.425. The van der Waals surface area contributed by atoms with Gasteiger partial charge in [-0.25, -0.2) is 0 Å². The van der Waals surface area contributed by atoms with E-state index in [2.05, 4.69) is 52.8 Å². The second-order valence-electron chi connectivity index (χ2n) is 4.95. The van der Waals surface area contributed by atoms with Crippen molar-refractivity contribution in [2.75, 3.05) is 26.2 Å². The predicted octanol–water partition coefficient (Wildman–Crippen LogP) is 2.49. The number of hydrogen-bond acceptors (Lipinski definition) is 3. The maximum Gasteiger partial charge on any atom is 0.124 e. The lowest BCUT2D eigenvalue weighted by molar-refractivity contribution is 0.249. The molecule has 1 N–H and O–H groups in total. The maximum absolute atomic E-state index is 5.68. The number of fused-ring (bicyclic) bond motifs is 1. The lowest BCUT2D eigenvalue weighted by Crippen LogP contribution is -2.33. The van der Waals surface area contributed by atoms with Gasteiger partial charge in [0.2, 0.25) is 0 Å². The van der Waals surface area contributed by atoms with Crippen LogP contribution in [0.2, 0.25) is 0 Å². The molecule has 0 spiro atoms. The van der Waals surface area contributed by atoms with Crippen molar-refractivity contribution in [1.29, 1.82) is 0 Å². The Kier molecular flexibility index (Phi) is 3.84. The molecule has 0 aliphatic carbocycles. The van der Waals surface area contributed by atoms with E-state index in [1.54, 1.807) is 0 Å². The summed E-state index contributed by atoms with van der Waals surface area (Å²) in [5.74, 6) is 1.03. The lowest BCUT2D eigenvalue weighted by atomic mass is 10.0. The Hall–Kier alpha value is -1.74. The van der Waals surface area contributed by atoms with E-state index in [1.165, 1.54) is 5.56 Å². The standard InChI is InChI=1S/C16H20N2O/c1-4-10-18(11-5-1)12-9-17-15-8-13-19-16-7-3-2-6-14(15)16/h1-7,10,15,17H,8-9,11-13H2. The lowest BCUT2D eigenvalue weighted by Gasteiger charge is -2.28. The van der Waals surface area contributed by atoms with Crippen LogP contribution in [0, 0.1) is 0 Å². The van der Waals surface area contributed by atoms with Gasteiger partial charge >= 0.3 is 0 Å². The molecule has 2 aliphatic heterocycles. The monoisotopic (exact) mass is 256 g/mol. The fourth-order valence-electron chi connectivity index (χ4n) is 2.61. The van der Waals surface area contributed by atoms with Crippen LogP contribution in [0.4, 0.5) is 0 Å². The Labute approximate surface area is 114 Å². The summed E-state index contributed by atoms with van der Waals surface area (Å²) in [6, 6.07) is 8.76. The Morgan fingerprint density at radius 3 is 3.11 bits per heavy atom. The van der Waals surface area contributed by atoms with Gasteiger partial charge in [-0.05, 0) is 18.3 Å². The van der Waals surface area contributed by atoms with Gasteiger partial charge in [-0.3, -0.25) is 0 Å². The Bertz CT molecular complexity index is 481. The molecule has 0 aromatic heterocycles. The molecule has 1 aromatic carbocycles. The third-order valence-corrected chi connectivity index (χ3v) is 3.63. The third-order valence-electron chi connectivity index (χ3n) is 3.63. The van der Waals surface area contributed by atoms with Crippen molar-refractivity contribution in [3.05, 3.63) is 54.3 Å². The molecule has 3 nitrogen and oxygen atoms in total. The van der Waals surface area contributed by atoms with Crippen LogP contribution in [-0.4, -0.2) is 31.1 Å². The van der Waals surface area contributed by atoms with Crippen LogP contribution in [0.5, 0.6) is 5.75 Å². The first-order chi connectivity index (χ1) is 9.43. The third kappa shape index (κ3) is 2.99. The number of nitrogens with zero attached hydrogens (tertiary/aromatic N) is 1. The van der Waals surface area contributed by atoms with E-state index >= 15 is 0 Å². The summed E-state index contributed by atoms with van der Waals surface area (Å²) in [6.07, 6.45) is 9.57. The van der Waals surface area contributed by atoms with Crippen LogP contribution in [0.15, 0.2) is 48.7 Å². The van der Waals surface area contributed by atoms with Crippen LogP contribution in [0.1, 0.15) is 18.0 Å². The summed E-state index contributed by atoms with van der Waals surface area (Å²) in [6.45, 7) is 3.86. The maximum atomic E-state index is 5.68. The van der Waals surface area contributed by atoms with Crippen molar-refractivity contribution < 1.29 is 4.74 Å². The zero-order valence-electron chi connectivity index (χ0n) is 11.1. The number of ether oxygens (including phenoxy) is 1. The first-order valence-electron chi connectivity index (χ1n) is 6.96. The van der Waals surface area contributed by atoms with Gasteiger partial charge < -0.3 is 15.0 Å². The van der Waals surface area contributed by atoms with E-state index < -0.39 is 0 Å². The summed E-state index contributed by atoms with van der Waals surface area (Å²) >= 11 is 0.